The van der Waals surface area contributed by atoms with Crippen molar-refractivity contribution in [3.05, 3.63) is 30.2 Å². The zero-order valence-corrected chi connectivity index (χ0v) is 10.8. The Morgan fingerprint density at radius 3 is 2.67 bits per heavy atom. The second-order valence-corrected chi connectivity index (χ2v) is 5.44. The number of fused-ring (bicyclic) bond motifs is 1. The van der Waals surface area contributed by atoms with Crippen molar-refractivity contribution in [2.75, 3.05) is 0 Å². The number of nitrogens with zero attached hydrogens (tertiary/aromatic N) is 5. The van der Waals surface area contributed by atoms with Gasteiger partial charge in [-0.25, -0.2) is 0 Å². The SMILES string of the molecule is CC(C)(C)C1=Nn2c(nnc2-c2ccccn2)C1. The fourth-order valence-electron chi connectivity index (χ4n) is 1.90. The van der Waals surface area contributed by atoms with Crippen molar-refractivity contribution in [1.29, 1.82) is 0 Å². The highest BCUT2D eigenvalue weighted by Crippen LogP contribution is 2.26. The smallest absolute Gasteiger partial charge is 0.203 e. The van der Waals surface area contributed by atoms with Gasteiger partial charge >= 0.3 is 0 Å². The topological polar surface area (TPSA) is 56.0 Å². The van der Waals surface area contributed by atoms with Crippen LogP contribution in [-0.4, -0.2) is 25.6 Å². The molecule has 5 heteroatoms. The van der Waals surface area contributed by atoms with Crippen molar-refractivity contribution < 1.29 is 0 Å². The lowest BCUT2D eigenvalue weighted by molar-refractivity contribution is 0.582. The van der Waals surface area contributed by atoms with Crippen LogP contribution in [0, 0.1) is 5.41 Å². The van der Waals surface area contributed by atoms with E-state index >= 15 is 0 Å². The quantitative estimate of drug-likeness (QED) is 0.768. The fraction of sp³-hybridized carbons (Fsp3) is 0.385. The van der Waals surface area contributed by atoms with Gasteiger partial charge in [0.15, 0.2) is 5.82 Å². The summed E-state index contributed by atoms with van der Waals surface area (Å²) in [5.41, 5.74) is 1.99. The molecule has 5 nitrogen and oxygen atoms in total. The van der Waals surface area contributed by atoms with Gasteiger partial charge in [0.2, 0.25) is 5.82 Å². The molecule has 0 aliphatic carbocycles. The lowest BCUT2D eigenvalue weighted by Crippen LogP contribution is -2.20. The molecule has 2 aromatic heterocycles. The van der Waals surface area contributed by atoms with Crippen LogP contribution in [0.25, 0.3) is 11.5 Å². The number of hydrogen-bond acceptors (Lipinski definition) is 4. The van der Waals surface area contributed by atoms with Crippen LogP contribution < -0.4 is 0 Å². The summed E-state index contributed by atoms with van der Waals surface area (Å²) in [6.07, 6.45) is 2.52. The van der Waals surface area contributed by atoms with Crippen LogP contribution in [0.3, 0.4) is 0 Å². The summed E-state index contributed by atoms with van der Waals surface area (Å²) >= 11 is 0. The molecule has 0 N–H and O–H groups in total. The van der Waals surface area contributed by atoms with Crippen molar-refractivity contribution in [1.82, 2.24) is 19.9 Å². The second kappa shape index (κ2) is 3.73. The van der Waals surface area contributed by atoms with E-state index in [0.29, 0.717) is 5.82 Å². The fourth-order valence-corrected chi connectivity index (χ4v) is 1.90. The highest BCUT2D eigenvalue weighted by Gasteiger charge is 2.28. The van der Waals surface area contributed by atoms with Crippen molar-refractivity contribution in [3.63, 3.8) is 0 Å². The van der Waals surface area contributed by atoms with Crippen molar-refractivity contribution in [2.24, 2.45) is 10.5 Å². The van der Waals surface area contributed by atoms with Crippen LogP contribution in [0.4, 0.5) is 0 Å². The lowest BCUT2D eigenvalue weighted by Gasteiger charge is -2.16. The van der Waals surface area contributed by atoms with Crippen molar-refractivity contribution in [3.8, 4) is 11.5 Å². The maximum Gasteiger partial charge on any atom is 0.203 e. The Morgan fingerprint density at radius 1 is 1.17 bits per heavy atom. The highest BCUT2D eigenvalue weighted by atomic mass is 15.5. The van der Waals surface area contributed by atoms with E-state index < -0.39 is 0 Å². The first kappa shape index (κ1) is 11.1. The lowest BCUT2D eigenvalue weighted by atomic mass is 9.88. The molecule has 3 heterocycles. The Morgan fingerprint density at radius 2 is 2.00 bits per heavy atom. The molecule has 0 unspecified atom stereocenters. The van der Waals surface area contributed by atoms with Gasteiger partial charge in [-0.1, -0.05) is 26.8 Å². The molecule has 3 rings (SSSR count). The monoisotopic (exact) mass is 241 g/mol. The van der Waals surface area contributed by atoms with E-state index in [1.165, 1.54) is 0 Å². The Kier molecular flexibility index (Phi) is 2.29. The summed E-state index contributed by atoms with van der Waals surface area (Å²) in [6, 6.07) is 5.74. The Labute approximate surface area is 106 Å². The third-order valence-electron chi connectivity index (χ3n) is 3.01. The van der Waals surface area contributed by atoms with Crippen molar-refractivity contribution in [2.45, 2.75) is 27.2 Å². The van der Waals surface area contributed by atoms with Gasteiger partial charge in [-0.3, -0.25) is 4.98 Å². The third-order valence-corrected chi connectivity index (χ3v) is 3.01. The predicted octanol–water partition coefficient (Wildman–Crippen LogP) is 2.15. The molecule has 18 heavy (non-hydrogen) atoms. The summed E-state index contributed by atoms with van der Waals surface area (Å²) in [4.78, 5) is 4.29. The van der Waals surface area contributed by atoms with Gasteiger partial charge in [0.1, 0.15) is 5.69 Å². The maximum atomic E-state index is 4.63. The number of aromatic nitrogens is 4. The summed E-state index contributed by atoms with van der Waals surface area (Å²) in [6.45, 7) is 6.48. The van der Waals surface area contributed by atoms with E-state index in [4.69, 9.17) is 0 Å². The van der Waals surface area contributed by atoms with E-state index in [0.717, 1.165) is 23.7 Å². The molecule has 0 bridgehead atoms. The number of hydrogen-bond donors (Lipinski definition) is 0. The van der Waals surface area contributed by atoms with Crippen LogP contribution in [0.15, 0.2) is 29.5 Å². The molecular weight excluding hydrogens is 226 g/mol. The van der Waals surface area contributed by atoms with Crippen LogP contribution in [-0.2, 0) is 6.42 Å². The van der Waals surface area contributed by atoms with Gasteiger partial charge < -0.3 is 0 Å². The number of rotatable bonds is 1. The van der Waals surface area contributed by atoms with Crippen LogP contribution in [0.1, 0.15) is 26.6 Å². The Balaban J connectivity index is 2.06. The standard InChI is InChI=1S/C13H15N5/c1-13(2,3)10-8-11-15-16-12(18(11)17-10)9-6-4-5-7-14-9/h4-7H,8H2,1-3H3. The van der Waals surface area contributed by atoms with E-state index in [9.17, 15) is 0 Å². The molecule has 0 saturated heterocycles. The Bertz CT molecular complexity index is 604. The van der Waals surface area contributed by atoms with Crippen LogP contribution in [0.5, 0.6) is 0 Å². The third kappa shape index (κ3) is 1.72. The average Bonchev–Trinajstić information content (AvgIpc) is 2.88. The van der Waals surface area contributed by atoms with Gasteiger partial charge in [-0.05, 0) is 12.1 Å². The molecule has 92 valence electrons. The van der Waals surface area contributed by atoms with Gasteiger partial charge in [-0.2, -0.15) is 9.78 Å². The predicted molar refractivity (Wildman–Crippen MR) is 69.2 cm³/mol. The summed E-state index contributed by atoms with van der Waals surface area (Å²) in [5, 5.41) is 13.0. The molecule has 0 spiro atoms. The minimum absolute atomic E-state index is 0.0576. The normalized spacial score (nSPS) is 14.5. The van der Waals surface area contributed by atoms with E-state index in [2.05, 4.69) is 41.1 Å². The van der Waals surface area contributed by atoms with E-state index in [1.807, 2.05) is 22.9 Å². The highest BCUT2D eigenvalue weighted by molar-refractivity contribution is 5.92. The van der Waals surface area contributed by atoms with Crippen LogP contribution >= 0.6 is 0 Å². The molecular formula is C13H15N5. The largest absolute Gasteiger partial charge is 0.253 e. The summed E-state index contributed by atoms with van der Waals surface area (Å²) in [5.74, 6) is 1.60. The zero-order chi connectivity index (χ0) is 12.8. The minimum atomic E-state index is 0.0576. The van der Waals surface area contributed by atoms with Crippen LogP contribution in [0.2, 0.25) is 0 Å². The number of pyridine rings is 1. The second-order valence-electron chi connectivity index (χ2n) is 5.44. The van der Waals surface area contributed by atoms with E-state index in [1.54, 1.807) is 6.20 Å². The van der Waals surface area contributed by atoms with Crippen molar-refractivity contribution >= 4 is 5.71 Å². The first-order valence-corrected chi connectivity index (χ1v) is 6.00. The van der Waals surface area contributed by atoms with Gasteiger partial charge in [0.25, 0.3) is 0 Å². The summed E-state index contributed by atoms with van der Waals surface area (Å²) in [7, 11) is 0. The molecule has 1 aliphatic heterocycles. The molecule has 0 amide bonds. The van der Waals surface area contributed by atoms with Gasteiger partial charge in [-0.15, -0.1) is 10.2 Å². The molecule has 0 aromatic carbocycles. The first-order valence-electron chi connectivity index (χ1n) is 6.00. The minimum Gasteiger partial charge on any atom is -0.253 e. The molecule has 0 saturated carbocycles. The molecule has 0 atom stereocenters. The van der Waals surface area contributed by atoms with E-state index in [-0.39, 0.29) is 5.41 Å². The maximum absolute atomic E-state index is 4.63. The first-order chi connectivity index (χ1) is 8.55. The molecule has 1 aliphatic rings. The summed E-state index contributed by atoms with van der Waals surface area (Å²) < 4.78 is 1.81. The molecule has 0 fully saturated rings. The zero-order valence-electron chi connectivity index (χ0n) is 10.8. The van der Waals surface area contributed by atoms with Gasteiger partial charge in [0.05, 0.1) is 12.1 Å². The molecule has 2 aromatic rings. The Hall–Kier alpha value is -2.04. The average molecular weight is 241 g/mol. The van der Waals surface area contributed by atoms with Gasteiger partial charge in [0, 0.05) is 11.6 Å². The molecule has 0 radical (unpaired) electrons.